The number of rotatable bonds is 3. The second-order valence-electron chi connectivity index (χ2n) is 7.08. The van der Waals surface area contributed by atoms with E-state index >= 15 is 0 Å². The van der Waals surface area contributed by atoms with Crippen LogP contribution in [0.2, 0.25) is 0 Å². The van der Waals surface area contributed by atoms with Crippen LogP contribution < -0.4 is 5.11 Å². The van der Waals surface area contributed by atoms with E-state index in [0.29, 0.717) is 5.56 Å². The lowest BCUT2D eigenvalue weighted by molar-refractivity contribution is -0.265. The summed E-state index contributed by atoms with van der Waals surface area (Å²) in [6, 6.07) is 5.66. The molecule has 0 saturated carbocycles. The second kappa shape index (κ2) is 6.07. The molecule has 2 rings (SSSR count). The molecule has 1 aliphatic heterocycles. The lowest BCUT2D eigenvalue weighted by Crippen LogP contribution is -2.61. The van der Waals surface area contributed by atoms with Crippen molar-refractivity contribution in [1.82, 2.24) is 4.31 Å². The highest BCUT2D eigenvalue weighted by molar-refractivity contribution is 7.78. The summed E-state index contributed by atoms with van der Waals surface area (Å²) in [6.45, 7) is 6.17. The van der Waals surface area contributed by atoms with E-state index in [2.05, 4.69) is 0 Å². The van der Waals surface area contributed by atoms with Gasteiger partial charge in [0.2, 0.25) is 0 Å². The summed E-state index contributed by atoms with van der Waals surface area (Å²) in [6.07, 6.45) is -1.41. The number of carbonyl (C=O) groups is 1. The molecule has 2 atom stereocenters. The number of alkyl halides is 2. The van der Waals surface area contributed by atoms with Gasteiger partial charge in [-0.3, -0.25) is 4.18 Å². The van der Waals surface area contributed by atoms with Crippen molar-refractivity contribution in [2.45, 2.75) is 45.6 Å². The van der Waals surface area contributed by atoms with Crippen molar-refractivity contribution in [3.63, 3.8) is 0 Å². The maximum Gasteiger partial charge on any atom is 0.270 e. The molecule has 0 radical (unpaired) electrons. The van der Waals surface area contributed by atoms with Crippen LogP contribution in [0.5, 0.6) is 0 Å². The van der Waals surface area contributed by atoms with Crippen LogP contribution in [0, 0.1) is 5.41 Å². The Bertz CT molecular complexity index is 652. The van der Waals surface area contributed by atoms with Gasteiger partial charge in [0.05, 0.1) is 12.1 Å². The number of benzene rings is 1. The van der Waals surface area contributed by atoms with Crippen LogP contribution in [0.3, 0.4) is 0 Å². The van der Waals surface area contributed by atoms with Crippen LogP contribution >= 0.6 is 0 Å². The highest BCUT2D eigenvalue weighted by Crippen LogP contribution is 2.43. The van der Waals surface area contributed by atoms with E-state index in [1.807, 2.05) is 20.8 Å². The summed E-state index contributed by atoms with van der Waals surface area (Å²) < 4.78 is 44.4. The van der Waals surface area contributed by atoms with E-state index < -0.39 is 34.2 Å². The average molecular weight is 360 g/mol. The first-order valence-electron chi connectivity index (χ1n) is 7.42. The van der Waals surface area contributed by atoms with Crippen molar-refractivity contribution in [1.29, 1.82) is 0 Å². The molecule has 0 aliphatic carbocycles. The molecule has 8 heteroatoms. The van der Waals surface area contributed by atoms with Gasteiger partial charge in [-0.25, -0.2) is 17.3 Å². The molecule has 134 valence electrons. The SMILES string of the molecule is CC(F)(F)c1ccc(C[C@]2(C(C)(C)C)CO[S@@](=O)N2C(=O)[O-])cc1. The lowest BCUT2D eigenvalue weighted by atomic mass is 9.70. The zero-order chi connectivity index (χ0) is 18.3. The summed E-state index contributed by atoms with van der Waals surface area (Å²) in [5.41, 5.74) is -1.22. The van der Waals surface area contributed by atoms with Crippen molar-refractivity contribution in [2.24, 2.45) is 5.41 Å². The van der Waals surface area contributed by atoms with E-state index in [4.69, 9.17) is 4.18 Å². The third-order valence-corrected chi connectivity index (χ3v) is 5.57. The molecule has 1 fully saturated rings. The third kappa shape index (κ3) is 3.30. The molecular weight excluding hydrogens is 340 g/mol. The highest BCUT2D eigenvalue weighted by atomic mass is 32.2. The zero-order valence-corrected chi connectivity index (χ0v) is 14.8. The fraction of sp³-hybridized carbons (Fsp3) is 0.562. The van der Waals surface area contributed by atoms with Gasteiger partial charge in [-0.05, 0) is 17.4 Å². The molecule has 1 heterocycles. The Hall–Kier alpha value is -1.54. The Balaban J connectivity index is 2.41. The van der Waals surface area contributed by atoms with E-state index in [-0.39, 0.29) is 18.6 Å². The van der Waals surface area contributed by atoms with Crippen molar-refractivity contribution < 1.29 is 27.1 Å². The molecule has 1 aromatic carbocycles. The van der Waals surface area contributed by atoms with E-state index in [9.17, 15) is 22.9 Å². The zero-order valence-electron chi connectivity index (χ0n) is 14.0. The van der Waals surface area contributed by atoms with Crippen LogP contribution in [-0.2, 0) is 27.8 Å². The van der Waals surface area contributed by atoms with Crippen LogP contribution in [0.4, 0.5) is 13.6 Å². The fourth-order valence-corrected chi connectivity index (χ4v) is 4.00. The smallest absolute Gasteiger partial charge is 0.270 e. The number of amides is 1. The summed E-state index contributed by atoms with van der Waals surface area (Å²) in [5, 5.41) is 11.5. The monoisotopic (exact) mass is 360 g/mol. The first-order chi connectivity index (χ1) is 10.9. The third-order valence-electron chi connectivity index (χ3n) is 4.46. The number of hydrogen-bond donors (Lipinski definition) is 0. The standard InChI is InChI=1S/C16H21F2NO4S/c1-14(2,3)16(10-23-24(22)19(16)13(20)21)9-11-5-7-12(8-6-11)15(4,17)18/h5-8H,9-10H2,1-4H3,(H,20,21)/p-1/t16-,24-/m1/s1. The maximum absolute atomic E-state index is 13.3. The second-order valence-corrected chi connectivity index (χ2v) is 8.12. The van der Waals surface area contributed by atoms with Crippen molar-refractivity contribution in [3.05, 3.63) is 35.4 Å². The minimum atomic E-state index is -2.95. The van der Waals surface area contributed by atoms with Crippen LogP contribution in [0.25, 0.3) is 0 Å². The topological polar surface area (TPSA) is 69.7 Å². The first-order valence-corrected chi connectivity index (χ1v) is 8.45. The van der Waals surface area contributed by atoms with Gasteiger partial charge in [-0.15, -0.1) is 0 Å². The van der Waals surface area contributed by atoms with Crippen LogP contribution in [0.15, 0.2) is 24.3 Å². The minimum absolute atomic E-state index is 0.0667. The largest absolute Gasteiger partial charge is 0.529 e. The Morgan fingerprint density at radius 2 is 1.83 bits per heavy atom. The number of carboxylic acid groups (broad SMARTS) is 1. The van der Waals surface area contributed by atoms with Gasteiger partial charge in [0, 0.05) is 12.5 Å². The number of nitrogens with zero attached hydrogens (tertiary/aromatic N) is 1. The quantitative estimate of drug-likeness (QED) is 0.830. The van der Waals surface area contributed by atoms with E-state index in [1.165, 1.54) is 24.3 Å². The number of hydrogen-bond acceptors (Lipinski definition) is 4. The Labute approximate surface area is 142 Å². The maximum atomic E-state index is 13.3. The number of halogens is 2. The molecule has 1 saturated heterocycles. The Kier molecular flexibility index (Phi) is 4.76. The van der Waals surface area contributed by atoms with E-state index in [1.54, 1.807) is 0 Å². The Morgan fingerprint density at radius 1 is 1.29 bits per heavy atom. The molecule has 0 spiro atoms. The normalized spacial score (nSPS) is 25.1. The van der Waals surface area contributed by atoms with E-state index in [0.717, 1.165) is 11.2 Å². The predicted octanol–water partition coefficient (Wildman–Crippen LogP) is 2.38. The molecule has 1 aliphatic rings. The summed E-state index contributed by atoms with van der Waals surface area (Å²) in [4.78, 5) is 11.5. The van der Waals surface area contributed by atoms with Crippen LogP contribution in [0.1, 0.15) is 38.8 Å². The molecule has 5 nitrogen and oxygen atoms in total. The molecule has 0 N–H and O–H groups in total. The van der Waals surface area contributed by atoms with Gasteiger partial charge >= 0.3 is 0 Å². The molecule has 24 heavy (non-hydrogen) atoms. The minimum Gasteiger partial charge on any atom is -0.529 e. The van der Waals surface area contributed by atoms with Gasteiger partial charge in [-0.2, -0.15) is 0 Å². The molecular formula is C16H20F2NO4S-. The summed E-state index contributed by atoms with van der Waals surface area (Å²) in [7, 11) is 0. The van der Waals surface area contributed by atoms with Gasteiger partial charge in [0.15, 0.2) is 6.09 Å². The molecule has 0 aromatic heterocycles. The van der Waals surface area contributed by atoms with Gasteiger partial charge in [0.25, 0.3) is 17.2 Å². The molecule has 0 unspecified atom stereocenters. The molecule has 1 aromatic rings. The fourth-order valence-electron chi connectivity index (χ4n) is 2.80. The molecule has 0 bridgehead atoms. The first kappa shape index (κ1) is 18.8. The van der Waals surface area contributed by atoms with Crippen molar-refractivity contribution in [3.8, 4) is 0 Å². The summed E-state index contributed by atoms with van der Waals surface area (Å²) in [5.74, 6) is -2.95. The number of carbonyl (C=O) groups excluding carboxylic acids is 1. The van der Waals surface area contributed by atoms with Crippen molar-refractivity contribution >= 4 is 17.4 Å². The lowest BCUT2D eigenvalue weighted by Gasteiger charge is -2.46. The summed E-state index contributed by atoms with van der Waals surface area (Å²) >= 11 is -2.15. The van der Waals surface area contributed by atoms with Gasteiger partial charge in [0.1, 0.15) is 0 Å². The van der Waals surface area contributed by atoms with Gasteiger partial charge < -0.3 is 9.90 Å². The predicted molar refractivity (Wildman–Crippen MR) is 83.2 cm³/mol. The Morgan fingerprint density at radius 3 is 2.25 bits per heavy atom. The van der Waals surface area contributed by atoms with Crippen molar-refractivity contribution in [2.75, 3.05) is 6.61 Å². The van der Waals surface area contributed by atoms with Crippen LogP contribution in [-0.4, -0.2) is 26.8 Å². The average Bonchev–Trinajstić information content (AvgIpc) is 2.76. The highest BCUT2D eigenvalue weighted by Gasteiger charge is 2.54. The molecule has 1 amide bonds. The van der Waals surface area contributed by atoms with Gasteiger partial charge in [-0.1, -0.05) is 45.0 Å².